The summed E-state index contributed by atoms with van der Waals surface area (Å²) < 4.78 is 0.804. The molecule has 4 rings (SSSR count). The first-order chi connectivity index (χ1) is 14.6. The lowest BCUT2D eigenvalue weighted by Gasteiger charge is -2.20. The molecule has 1 heterocycles. The summed E-state index contributed by atoms with van der Waals surface area (Å²) in [6, 6.07) is 22.2. The Morgan fingerprint density at radius 1 is 0.967 bits per heavy atom. The van der Waals surface area contributed by atoms with Crippen molar-refractivity contribution in [1.82, 2.24) is 20.6 Å². The maximum atomic E-state index is 12.7. The maximum Gasteiger partial charge on any atom is 0.251 e. The maximum absolute atomic E-state index is 12.7. The van der Waals surface area contributed by atoms with Gasteiger partial charge in [0.1, 0.15) is 0 Å². The van der Waals surface area contributed by atoms with Crippen molar-refractivity contribution in [2.75, 3.05) is 6.54 Å². The number of amides is 2. The van der Waals surface area contributed by atoms with Crippen molar-refractivity contribution in [3.8, 4) is 0 Å². The molecule has 0 aliphatic heterocycles. The molecule has 1 atom stereocenters. The topological polar surface area (TPSA) is 86.9 Å². The minimum Gasteiger partial charge on any atom is -0.345 e. The molecule has 0 spiro atoms. The van der Waals surface area contributed by atoms with Crippen molar-refractivity contribution < 1.29 is 9.59 Å². The highest BCUT2D eigenvalue weighted by atomic mass is 79.9. The molecule has 0 saturated heterocycles. The molecule has 150 valence electrons. The van der Waals surface area contributed by atoms with E-state index in [0.29, 0.717) is 5.56 Å². The van der Waals surface area contributed by atoms with E-state index >= 15 is 0 Å². The molecule has 3 aromatic carbocycles. The lowest BCUT2D eigenvalue weighted by molar-refractivity contribution is -0.120. The second-order valence-electron chi connectivity index (χ2n) is 6.78. The van der Waals surface area contributed by atoms with Crippen molar-refractivity contribution in [3.05, 3.63) is 100 Å². The Morgan fingerprint density at radius 3 is 2.60 bits per heavy atom. The SMILES string of the molecule is O=C(CNC(=O)c1cccc(Br)c1)NC(c1ccccc1)c1ccc2nc[nH]c2c1. The number of halogens is 1. The third-order valence-electron chi connectivity index (χ3n) is 4.71. The Hall–Kier alpha value is -3.45. The van der Waals surface area contributed by atoms with Crippen LogP contribution in [0.5, 0.6) is 0 Å². The van der Waals surface area contributed by atoms with Crippen molar-refractivity contribution in [1.29, 1.82) is 0 Å². The molecule has 6 nitrogen and oxygen atoms in total. The quantitative estimate of drug-likeness (QED) is 0.405. The Morgan fingerprint density at radius 2 is 1.80 bits per heavy atom. The zero-order chi connectivity index (χ0) is 20.9. The minimum atomic E-state index is -0.353. The number of nitrogens with one attached hydrogen (secondary N) is 3. The van der Waals surface area contributed by atoms with Gasteiger partial charge in [0, 0.05) is 10.0 Å². The van der Waals surface area contributed by atoms with Crippen LogP contribution < -0.4 is 10.6 Å². The van der Waals surface area contributed by atoms with Crippen LogP contribution in [-0.4, -0.2) is 28.3 Å². The summed E-state index contributed by atoms with van der Waals surface area (Å²) in [7, 11) is 0. The Bertz CT molecular complexity index is 1190. The van der Waals surface area contributed by atoms with Crippen molar-refractivity contribution in [2.24, 2.45) is 0 Å². The number of fused-ring (bicyclic) bond motifs is 1. The van der Waals surface area contributed by atoms with Crippen LogP contribution in [0.2, 0.25) is 0 Å². The van der Waals surface area contributed by atoms with Crippen LogP contribution in [0.4, 0.5) is 0 Å². The summed E-state index contributed by atoms with van der Waals surface area (Å²) in [6.45, 7) is -0.124. The fourth-order valence-corrected chi connectivity index (χ4v) is 3.64. The van der Waals surface area contributed by atoms with Gasteiger partial charge in [0.2, 0.25) is 5.91 Å². The largest absolute Gasteiger partial charge is 0.345 e. The first-order valence-corrected chi connectivity index (χ1v) is 10.2. The van der Waals surface area contributed by atoms with Crippen LogP contribution in [0.1, 0.15) is 27.5 Å². The van der Waals surface area contributed by atoms with Gasteiger partial charge in [-0.2, -0.15) is 0 Å². The van der Waals surface area contributed by atoms with E-state index in [9.17, 15) is 9.59 Å². The van der Waals surface area contributed by atoms with Gasteiger partial charge in [0.25, 0.3) is 5.91 Å². The number of imidazole rings is 1. The van der Waals surface area contributed by atoms with Crippen molar-refractivity contribution in [2.45, 2.75) is 6.04 Å². The highest BCUT2D eigenvalue weighted by Crippen LogP contribution is 2.24. The van der Waals surface area contributed by atoms with Gasteiger partial charge >= 0.3 is 0 Å². The summed E-state index contributed by atoms with van der Waals surface area (Å²) in [4.78, 5) is 32.3. The molecule has 0 aliphatic rings. The number of carbonyl (C=O) groups is 2. The average Bonchev–Trinajstić information content (AvgIpc) is 3.24. The van der Waals surface area contributed by atoms with E-state index in [4.69, 9.17) is 0 Å². The molecule has 1 unspecified atom stereocenters. The van der Waals surface area contributed by atoms with Gasteiger partial charge in [-0.25, -0.2) is 4.98 Å². The Balaban J connectivity index is 1.50. The molecule has 1 aromatic heterocycles. The third kappa shape index (κ3) is 4.58. The first-order valence-electron chi connectivity index (χ1n) is 9.41. The monoisotopic (exact) mass is 462 g/mol. The highest BCUT2D eigenvalue weighted by Gasteiger charge is 2.18. The molecule has 0 bridgehead atoms. The van der Waals surface area contributed by atoms with Crippen molar-refractivity contribution >= 4 is 38.8 Å². The molecule has 0 saturated carbocycles. The molecule has 7 heteroatoms. The normalized spacial score (nSPS) is 11.8. The van der Waals surface area contributed by atoms with Gasteiger partial charge in [-0.15, -0.1) is 0 Å². The zero-order valence-corrected chi connectivity index (χ0v) is 17.5. The lowest BCUT2D eigenvalue weighted by atomic mass is 9.98. The fourth-order valence-electron chi connectivity index (χ4n) is 3.24. The van der Waals surface area contributed by atoms with Crippen LogP contribution >= 0.6 is 15.9 Å². The molecule has 4 aromatic rings. The van der Waals surface area contributed by atoms with E-state index in [0.717, 1.165) is 26.6 Å². The Kier molecular flexibility index (Phi) is 5.90. The number of hydrogen-bond acceptors (Lipinski definition) is 3. The van der Waals surface area contributed by atoms with Gasteiger partial charge in [-0.3, -0.25) is 9.59 Å². The number of aromatic amines is 1. The molecule has 0 aliphatic carbocycles. The molecular weight excluding hydrogens is 444 g/mol. The third-order valence-corrected chi connectivity index (χ3v) is 5.21. The number of hydrogen-bond donors (Lipinski definition) is 3. The first kappa shape index (κ1) is 19.8. The predicted octanol–water partition coefficient (Wildman–Crippen LogP) is 3.96. The van der Waals surface area contributed by atoms with E-state index in [2.05, 4.69) is 36.5 Å². The lowest BCUT2D eigenvalue weighted by Crippen LogP contribution is -2.39. The predicted molar refractivity (Wildman–Crippen MR) is 119 cm³/mol. The highest BCUT2D eigenvalue weighted by molar-refractivity contribution is 9.10. The van der Waals surface area contributed by atoms with Crippen LogP contribution in [0, 0.1) is 0 Å². The molecule has 0 fully saturated rings. The molecular formula is C23H19BrN4O2. The van der Waals surface area contributed by atoms with E-state index in [1.54, 1.807) is 24.5 Å². The minimum absolute atomic E-state index is 0.124. The van der Waals surface area contributed by atoms with Gasteiger partial charge < -0.3 is 15.6 Å². The van der Waals surface area contributed by atoms with Gasteiger partial charge in [-0.1, -0.05) is 58.4 Å². The summed E-state index contributed by atoms with van der Waals surface area (Å²) in [5, 5.41) is 5.70. The molecule has 30 heavy (non-hydrogen) atoms. The number of benzene rings is 3. The molecule has 2 amide bonds. The van der Waals surface area contributed by atoms with Crippen LogP contribution in [0.25, 0.3) is 11.0 Å². The number of nitrogens with zero attached hydrogens (tertiary/aromatic N) is 1. The van der Waals surface area contributed by atoms with Crippen LogP contribution in [-0.2, 0) is 4.79 Å². The summed E-state index contributed by atoms with van der Waals surface area (Å²) in [5.74, 6) is -0.585. The molecule has 0 radical (unpaired) electrons. The summed E-state index contributed by atoms with van der Waals surface area (Å²) >= 11 is 3.34. The van der Waals surface area contributed by atoms with Gasteiger partial charge in [0.05, 0.1) is 29.9 Å². The summed E-state index contributed by atoms with van der Waals surface area (Å²) in [5.41, 5.74) is 4.11. The van der Waals surface area contributed by atoms with E-state index < -0.39 is 0 Å². The van der Waals surface area contributed by atoms with E-state index in [1.165, 1.54) is 0 Å². The van der Waals surface area contributed by atoms with Crippen LogP contribution in [0.3, 0.4) is 0 Å². The van der Waals surface area contributed by atoms with Crippen LogP contribution in [0.15, 0.2) is 83.6 Å². The number of rotatable bonds is 6. The molecule has 3 N–H and O–H groups in total. The van der Waals surface area contributed by atoms with Gasteiger partial charge in [0.15, 0.2) is 0 Å². The smallest absolute Gasteiger partial charge is 0.251 e. The van der Waals surface area contributed by atoms with E-state index in [1.807, 2.05) is 54.6 Å². The zero-order valence-electron chi connectivity index (χ0n) is 15.9. The number of H-pyrrole nitrogens is 1. The fraction of sp³-hybridized carbons (Fsp3) is 0.0870. The summed E-state index contributed by atoms with van der Waals surface area (Å²) in [6.07, 6.45) is 1.64. The second-order valence-corrected chi connectivity index (χ2v) is 7.70. The van der Waals surface area contributed by atoms with Crippen molar-refractivity contribution in [3.63, 3.8) is 0 Å². The number of aromatic nitrogens is 2. The second kappa shape index (κ2) is 8.92. The van der Waals surface area contributed by atoms with E-state index in [-0.39, 0.29) is 24.4 Å². The standard InChI is InChI=1S/C23H19BrN4O2/c24-18-8-4-7-17(11-18)23(30)25-13-21(29)28-22(15-5-2-1-3-6-15)16-9-10-19-20(12-16)27-14-26-19/h1-12,14,22H,13H2,(H,25,30)(H,26,27)(H,28,29). The Labute approximate surface area is 181 Å². The number of carbonyl (C=O) groups excluding carboxylic acids is 2. The average molecular weight is 463 g/mol. The van der Waals surface area contributed by atoms with Gasteiger partial charge in [-0.05, 0) is 41.5 Å².